The van der Waals surface area contributed by atoms with E-state index >= 15 is 0 Å². The van der Waals surface area contributed by atoms with Crippen LogP contribution in [0, 0.1) is 17.3 Å². The highest BCUT2D eigenvalue weighted by atomic mass is 16.5. The van der Waals surface area contributed by atoms with Gasteiger partial charge in [0.05, 0.1) is 6.10 Å². The van der Waals surface area contributed by atoms with Crippen molar-refractivity contribution in [1.29, 1.82) is 0 Å². The van der Waals surface area contributed by atoms with Gasteiger partial charge in [-0.25, -0.2) is 0 Å². The van der Waals surface area contributed by atoms with E-state index in [2.05, 4.69) is 19.9 Å². The monoisotopic (exact) mass is 253 g/mol. The molecule has 3 nitrogen and oxygen atoms in total. The first kappa shape index (κ1) is 14.0. The lowest BCUT2D eigenvalue weighted by Gasteiger charge is -2.44. The Morgan fingerprint density at radius 3 is 2.72 bits per heavy atom. The molecule has 1 aliphatic carbocycles. The maximum atomic E-state index is 10.8. The van der Waals surface area contributed by atoms with Crippen molar-refractivity contribution in [2.24, 2.45) is 23.0 Å². The summed E-state index contributed by atoms with van der Waals surface area (Å²) in [5.41, 5.74) is 7.29. The Morgan fingerprint density at radius 2 is 2.17 bits per heavy atom. The van der Waals surface area contributed by atoms with Crippen LogP contribution in [0.15, 0.2) is 11.6 Å². The lowest BCUT2D eigenvalue weighted by molar-refractivity contribution is -0.0836. The molecule has 104 valence electrons. The Hall–Kier alpha value is -0.380. The summed E-state index contributed by atoms with van der Waals surface area (Å²) in [7, 11) is 0. The van der Waals surface area contributed by atoms with Gasteiger partial charge in [-0.3, -0.25) is 0 Å². The van der Waals surface area contributed by atoms with E-state index in [1.807, 2.05) is 0 Å². The molecule has 0 aromatic carbocycles. The maximum absolute atomic E-state index is 10.8. The molecule has 3 N–H and O–H groups in total. The first-order valence-corrected chi connectivity index (χ1v) is 7.20. The Balaban J connectivity index is 2.09. The zero-order valence-corrected chi connectivity index (χ0v) is 11.7. The average Bonchev–Trinajstić information content (AvgIpc) is 2.37. The lowest BCUT2D eigenvalue weighted by atomic mass is 9.67. The molecule has 1 aliphatic heterocycles. The molecule has 0 saturated carbocycles. The summed E-state index contributed by atoms with van der Waals surface area (Å²) < 4.78 is 5.43. The molecule has 0 bridgehead atoms. The third kappa shape index (κ3) is 2.79. The summed E-state index contributed by atoms with van der Waals surface area (Å²) in [6.07, 6.45) is 5.96. The van der Waals surface area contributed by atoms with Crippen molar-refractivity contribution in [3.8, 4) is 0 Å². The summed E-state index contributed by atoms with van der Waals surface area (Å²) in [5, 5.41) is 10.8. The molecule has 1 fully saturated rings. The van der Waals surface area contributed by atoms with Crippen molar-refractivity contribution < 1.29 is 9.84 Å². The number of allylic oxidation sites excluding steroid dienone is 2. The Kier molecular flexibility index (Phi) is 4.46. The second-order valence-corrected chi connectivity index (χ2v) is 6.31. The van der Waals surface area contributed by atoms with E-state index in [0.29, 0.717) is 18.4 Å². The highest BCUT2D eigenvalue weighted by Gasteiger charge is 2.42. The van der Waals surface area contributed by atoms with Crippen LogP contribution in [0.3, 0.4) is 0 Å². The number of hydrogen-bond acceptors (Lipinski definition) is 3. The van der Waals surface area contributed by atoms with Crippen LogP contribution in [0.25, 0.3) is 0 Å². The summed E-state index contributed by atoms with van der Waals surface area (Å²) in [4.78, 5) is 0. The quantitative estimate of drug-likeness (QED) is 0.757. The van der Waals surface area contributed by atoms with Crippen LogP contribution < -0.4 is 5.73 Å². The smallest absolute Gasteiger partial charge is 0.0641 e. The number of hydrogen-bond donors (Lipinski definition) is 2. The van der Waals surface area contributed by atoms with Gasteiger partial charge in [0.25, 0.3) is 0 Å². The zero-order valence-electron chi connectivity index (χ0n) is 11.7. The van der Waals surface area contributed by atoms with Gasteiger partial charge in [-0.15, -0.1) is 0 Å². The van der Waals surface area contributed by atoms with Gasteiger partial charge in [0, 0.05) is 25.2 Å². The van der Waals surface area contributed by atoms with Crippen molar-refractivity contribution in [3.63, 3.8) is 0 Å². The van der Waals surface area contributed by atoms with Crippen LogP contribution in [0.5, 0.6) is 0 Å². The molecule has 0 aromatic rings. The van der Waals surface area contributed by atoms with Crippen molar-refractivity contribution >= 4 is 0 Å². The van der Waals surface area contributed by atoms with Gasteiger partial charge in [0.1, 0.15) is 0 Å². The molecule has 2 aliphatic rings. The van der Waals surface area contributed by atoms with Gasteiger partial charge in [-0.05, 0) is 44.4 Å². The molecule has 0 amide bonds. The van der Waals surface area contributed by atoms with Crippen LogP contribution in [-0.2, 0) is 4.74 Å². The minimum atomic E-state index is -0.280. The van der Waals surface area contributed by atoms with Gasteiger partial charge in [-0.1, -0.05) is 18.6 Å². The first-order chi connectivity index (χ1) is 8.57. The molecular weight excluding hydrogens is 226 g/mol. The molecule has 1 saturated heterocycles. The van der Waals surface area contributed by atoms with Crippen LogP contribution in [0.1, 0.15) is 39.5 Å². The number of aliphatic hydroxyl groups excluding tert-OH is 1. The molecule has 18 heavy (non-hydrogen) atoms. The molecule has 0 radical (unpaired) electrons. The zero-order chi connectivity index (χ0) is 13.2. The summed E-state index contributed by atoms with van der Waals surface area (Å²) >= 11 is 0. The minimum Gasteiger partial charge on any atom is -0.392 e. The van der Waals surface area contributed by atoms with E-state index in [9.17, 15) is 5.11 Å². The fraction of sp³-hybridized carbons (Fsp3) is 0.867. The lowest BCUT2D eigenvalue weighted by Crippen LogP contribution is -2.49. The molecule has 2 rings (SSSR count). The van der Waals surface area contributed by atoms with Gasteiger partial charge in [-0.2, -0.15) is 0 Å². The Bertz CT molecular complexity index is 308. The van der Waals surface area contributed by atoms with Gasteiger partial charge >= 0.3 is 0 Å². The van der Waals surface area contributed by atoms with E-state index < -0.39 is 0 Å². The molecule has 3 atom stereocenters. The summed E-state index contributed by atoms with van der Waals surface area (Å²) in [6, 6.07) is 0. The molecule has 0 aromatic heterocycles. The van der Waals surface area contributed by atoms with E-state index in [0.717, 1.165) is 38.9 Å². The third-order valence-electron chi connectivity index (χ3n) is 4.80. The van der Waals surface area contributed by atoms with E-state index in [1.54, 1.807) is 0 Å². The third-order valence-corrected chi connectivity index (χ3v) is 4.80. The normalized spacial score (nSPS) is 33.9. The molecule has 0 spiro atoms. The molecule has 3 heteroatoms. The topological polar surface area (TPSA) is 55.5 Å². The van der Waals surface area contributed by atoms with Crippen LogP contribution in [-0.4, -0.2) is 31.0 Å². The summed E-state index contributed by atoms with van der Waals surface area (Å²) in [5.74, 6) is 0.944. The fourth-order valence-corrected chi connectivity index (χ4v) is 3.74. The van der Waals surface area contributed by atoms with E-state index in [1.165, 1.54) is 5.57 Å². The van der Waals surface area contributed by atoms with Crippen LogP contribution >= 0.6 is 0 Å². The SMILES string of the molecule is CC1=CC(C)CC(C(O)C2(CN)CCOCC2)C1. The van der Waals surface area contributed by atoms with E-state index in [-0.39, 0.29) is 11.5 Å². The van der Waals surface area contributed by atoms with Crippen LogP contribution in [0.4, 0.5) is 0 Å². The Morgan fingerprint density at radius 1 is 1.50 bits per heavy atom. The maximum Gasteiger partial charge on any atom is 0.0641 e. The average molecular weight is 253 g/mol. The van der Waals surface area contributed by atoms with Crippen molar-refractivity contribution in [1.82, 2.24) is 0 Å². The van der Waals surface area contributed by atoms with Gasteiger partial charge in [0.2, 0.25) is 0 Å². The number of rotatable bonds is 3. The highest BCUT2D eigenvalue weighted by Crippen LogP contribution is 2.41. The minimum absolute atomic E-state index is 0.111. The van der Waals surface area contributed by atoms with E-state index in [4.69, 9.17) is 10.5 Å². The van der Waals surface area contributed by atoms with Gasteiger partial charge < -0.3 is 15.6 Å². The fourth-order valence-electron chi connectivity index (χ4n) is 3.74. The second kappa shape index (κ2) is 5.72. The predicted molar refractivity (Wildman–Crippen MR) is 73.2 cm³/mol. The van der Waals surface area contributed by atoms with Crippen molar-refractivity contribution in [2.45, 2.75) is 45.6 Å². The molecule has 3 unspecified atom stereocenters. The number of ether oxygens (including phenoxy) is 1. The predicted octanol–water partition coefficient (Wildman–Crippen LogP) is 2.10. The van der Waals surface area contributed by atoms with Gasteiger partial charge in [0.15, 0.2) is 0 Å². The first-order valence-electron chi connectivity index (χ1n) is 7.20. The largest absolute Gasteiger partial charge is 0.392 e. The number of nitrogens with two attached hydrogens (primary N) is 1. The second-order valence-electron chi connectivity index (χ2n) is 6.31. The van der Waals surface area contributed by atoms with Crippen molar-refractivity contribution in [2.75, 3.05) is 19.8 Å². The molecular formula is C15H27NO2. The standard InChI is InChI=1S/C15H27NO2/c1-11-7-12(2)9-13(8-11)14(17)15(10-16)3-5-18-6-4-15/h7,11,13-14,17H,3-6,8-10,16H2,1-2H3. The molecule has 1 heterocycles. The summed E-state index contributed by atoms with van der Waals surface area (Å²) in [6.45, 7) is 6.47. The number of aliphatic hydroxyl groups is 1. The van der Waals surface area contributed by atoms with Crippen LogP contribution in [0.2, 0.25) is 0 Å². The highest BCUT2D eigenvalue weighted by molar-refractivity contribution is 5.09. The van der Waals surface area contributed by atoms with Crippen molar-refractivity contribution in [3.05, 3.63) is 11.6 Å². The Labute approximate surface area is 110 Å².